The van der Waals surface area contributed by atoms with Crippen LogP contribution >= 0.6 is 0 Å². The van der Waals surface area contributed by atoms with Crippen LogP contribution in [0.15, 0.2) is 42.0 Å². The van der Waals surface area contributed by atoms with E-state index in [9.17, 15) is 56.9 Å². The fraction of sp³-hybridized carbons (Fsp3) is 0.0811. The van der Waals surface area contributed by atoms with E-state index < -0.39 is 154 Å². The van der Waals surface area contributed by atoms with E-state index in [2.05, 4.69) is 0 Å². The second kappa shape index (κ2) is 17.9. The molecule has 0 bridgehead atoms. The van der Waals surface area contributed by atoms with Gasteiger partial charge in [-0.15, -0.1) is 26.1 Å². The van der Waals surface area contributed by atoms with Crippen molar-refractivity contribution >= 4 is 37.9 Å². The minimum Gasteiger partial charge on any atom is -0.207 e. The molecule has 3 nitrogen and oxygen atoms in total. The molecular weight excluding hydrogens is 911 g/mol. The Labute approximate surface area is 334 Å². The molecule has 0 aliphatic heterocycles. The van der Waals surface area contributed by atoms with E-state index in [1.165, 1.54) is 6.08 Å². The first kappa shape index (κ1) is 48.3. The number of rotatable bonds is 8. The van der Waals surface area contributed by atoms with Crippen molar-refractivity contribution in [2.45, 2.75) is 5.75 Å². The third-order valence-electron chi connectivity index (χ3n) is 8.90. The van der Waals surface area contributed by atoms with Gasteiger partial charge in [-0.1, -0.05) is 30.3 Å². The number of benzene rings is 5. The molecule has 326 valence electrons. The van der Waals surface area contributed by atoms with Crippen LogP contribution in [-0.4, -0.2) is 18.2 Å². The number of hydrogen-bond donors (Lipinski definition) is 0. The van der Waals surface area contributed by atoms with E-state index in [0.29, 0.717) is 5.75 Å². The van der Waals surface area contributed by atoms with Crippen LogP contribution in [0.1, 0.15) is 5.56 Å². The molecule has 0 radical (unpaired) electrons. The van der Waals surface area contributed by atoms with Crippen LogP contribution in [-0.2, 0) is 19.9 Å². The summed E-state index contributed by atoms with van der Waals surface area (Å²) in [6.45, 7) is 0. The summed E-state index contributed by atoms with van der Waals surface area (Å²) in [6.07, 6.45) is -4.10. The quantitative estimate of drug-likeness (QED) is 0.0395. The second-order valence-corrected chi connectivity index (χ2v) is 15.6. The van der Waals surface area contributed by atoms with Crippen molar-refractivity contribution in [2.75, 3.05) is 12.0 Å². The van der Waals surface area contributed by atoms with Crippen molar-refractivity contribution in [3.8, 4) is 12.1 Å². The summed E-state index contributed by atoms with van der Waals surface area (Å²) in [6, 6.07) is 13.1. The van der Waals surface area contributed by atoms with Gasteiger partial charge in [-0.2, -0.15) is 10.5 Å². The van der Waals surface area contributed by atoms with Crippen molar-refractivity contribution in [1.29, 1.82) is 10.5 Å². The molecule has 0 heterocycles. The highest BCUT2D eigenvalue weighted by molar-refractivity contribution is 8.01. The van der Waals surface area contributed by atoms with Crippen LogP contribution in [0, 0.1) is 139 Å². The van der Waals surface area contributed by atoms with Gasteiger partial charge < -0.3 is 0 Å². The third kappa shape index (κ3) is 7.96. The molecule has 0 fully saturated rings. The van der Waals surface area contributed by atoms with Gasteiger partial charge in [0.15, 0.2) is 69.8 Å². The highest BCUT2D eigenvalue weighted by atomic mass is 32.2. The first-order valence-corrected chi connectivity index (χ1v) is 18.3. The summed E-state index contributed by atoms with van der Waals surface area (Å²) in [4.78, 5) is 0. The highest BCUT2D eigenvalue weighted by Crippen LogP contribution is 2.31. The Bertz CT molecular complexity index is 2430. The first-order valence-electron chi connectivity index (χ1n) is 16.0. The van der Waals surface area contributed by atoms with Gasteiger partial charge in [-0.25, -0.2) is 87.8 Å². The van der Waals surface area contributed by atoms with Gasteiger partial charge in [0.1, 0.15) is 88.2 Å². The number of nitrogens with zero attached hydrogens (tertiary/aromatic N) is 2. The summed E-state index contributed by atoms with van der Waals surface area (Å²) in [5.41, 5.74) is -13.3. The van der Waals surface area contributed by atoms with Crippen LogP contribution < -0.4 is 21.9 Å². The van der Waals surface area contributed by atoms with Crippen molar-refractivity contribution < 1.29 is 92.0 Å². The van der Waals surface area contributed by atoms with Gasteiger partial charge in [0, 0.05) is 5.56 Å². The van der Waals surface area contributed by atoms with Crippen LogP contribution in [0.25, 0.3) is 0 Å². The molecule has 0 N–H and O–H groups in total. The molecule has 0 saturated carbocycles. The predicted molar refractivity (Wildman–Crippen MR) is 178 cm³/mol. The first-order chi connectivity index (χ1) is 28.8. The summed E-state index contributed by atoms with van der Waals surface area (Å²) in [5.74, 6) is -70.7. The summed E-state index contributed by atoms with van der Waals surface area (Å²) in [5, 5.41) is 17.2. The van der Waals surface area contributed by atoms with Gasteiger partial charge >= 0.3 is 0 Å². The lowest BCUT2D eigenvalue weighted by molar-refractivity contribution is 0.378. The highest BCUT2D eigenvalue weighted by Gasteiger charge is 2.52. The average molecular weight is 924 g/mol. The molecule has 0 amide bonds. The van der Waals surface area contributed by atoms with Crippen molar-refractivity contribution in [2.24, 2.45) is 0 Å². The summed E-state index contributed by atoms with van der Waals surface area (Å²) >= 11 is 0. The van der Waals surface area contributed by atoms with E-state index >= 15 is 35.1 Å². The smallest absolute Gasteiger partial charge is 0.200 e. The molecule has 0 saturated heterocycles. The Balaban J connectivity index is 0.000000416. The molecule has 0 aromatic heterocycles. The van der Waals surface area contributed by atoms with E-state index in [0.717, 1.165) is 5.56 Å². The molecule has 5 aromatic rings. The van der Waals surface area contributed by atoms with Crippen LogP contribution in [0.2, 0.25) is 0 Å². The fourth-order valence-corrected chi connectivity index (χ4v) is 7.77. The summed E-state index contributed by atoms with van der Waals surface area (Å²) in [7, 11) is -2.08. The Morgan fingerprint density at radius 2 is 0.677 bits per heavy atom. The molecule has 0 aliphatic rings. The standard InChI is InChI=1S/C24BF20.C13H13N2OS/c26-5-1(6(27)14(35)21(42)13(5)34)25(2-7(28)15(36)22(43)16(37)8(2)29,3-9(30)17(38)23(44)18(39)10(3)31)4-11(32)19(40)24(45)20(41)12(4)33;1-17(16,8-7-13(9-14)10-15)11-12-5-3-2-4-6-12/h;2-7H,8,11H2,1H3/q-1;+1. The predicted octanol–water partition coefficient (Wildman–Crippen LogP) is 8.14. The molecule has 25 heteroatoms. The Morgan fingerprint density at radius 3 is 0.903 bits per heavy atom. The minimum atomic E-state index is -7.22. The lowest BCUT2D eigenvalue weighted by atomic mass is 9.12. The van der Waals surface area contributed by atoms with Gasteiger partial charge in [-0.05, 0) is 6.08 Å². The van der Waals surface area contributed by atoms with E-state index in [4.69, 9.17) is 10.5 Å². The van der Waals surface area contributed by atoms with Gasteiger partial charge in [0.25, 0.3) is 0 Å². The SMILES string of the molecule is C[S+](=O)(CC=C(C#N)C#N)Cc1ccccc1.Fc1c(F)c(F)c([B-](c2c(F)c(F)c(F)c(F)c2F)(c2c(F)c(F)c(F)c(F)c2F)c2c(F)c(F)c(F)c(F)c2F)c(F)c1F. The Hall–Kier alpha value is -6.37. The zero-order chi connectivity index (χ0) is 47.1. The zero-order valence-corrected chi connectivity index (χ0v) is 30.5. The number of hydrogen-bond acceptors (Lipinski definition) is 3. The van der Waals surface area contributed by atoms with E-state index in [1.54, 1.807) is 18.4 Å². The molecule has 0 aliphatic carbocycles. The van der Waals surface area contributed by atoms with E-state index in [1.807, 2.05) is 30.3 Å². The van der Waals surface area contributed by atoms with Crippen LogP contribution in [0.5, 0.6) is 0 Å². The molecule has 1 unspecified atom stereocenters. The van der Waals surface area contributed by atoms with Crippen LogP contribution in [0.3, 0.4) is 0 Å². The van der Waals surface area contributed by atoms with E-state index in [-0.39, 0.29) is 11.3 Å². The Morgan fingerprint density at radius 1 is 0.452 bits per heavy atom. The number of halogens is 20. The van der Waals surface area contributed by atoms with Crippen LogP contribution in [0.4, 0.5) is 87.8 Å². The summed E-state index contributed by atoms with van der Waals surface area (Å²) < 4.78 is 306. The van der Waals surface area contributed by atoms with Crippen molar-refractivity contribution in [3.63, 3.8) is 0 Å². The minimum absolute atomic E-state index is 0.0210. The monoisotopic (exact) mass is 924 g/mol. The van der Waals surface area contributed by atoms with Crippen molar-refractivity contribution in [1.82, 2.24) is 0 Å². The van der Waals surface area contributed by atoms with Gasteiger partial charge in [0.05, 0.1) is 9.93 Å². The Kier molecular flexibility index (Phi) is 14.0. The molecule has 5 rings (SSSR count). The van der Waals surface area contributed by atoms with Crippen molar-refractivity contribution in [3.05, 3.63) is 164 Å². The molecule has 1 atom stereocenters. The topological polar surface area (TPSA) is 64.7 Å². The maximum Gasteiger partial charge on any atom is 0.200 e. The lowest BCUT2D eigenvalue weighted by Gasteiger charge is -2.44. The maximum absolute atomic E-state index is 15.4. The third-order valence-corrected chi connectivity index (χ3v) is 10.7. The average Bonchev–Trinajstić information content (AvgIpc) is 3.24. The zero-order valence-electron chi connectivity index (χ0n) is 29.7. The van der Waals surface area contributed by atoms with Gasteiger partial charge in [0.2, 0.25) is 0 Å². The normalized spacial score (nSPS) is 12.2. The molecule has 0 spiro atoms. The fourth-order valence-electron chi connectivity index (χ4n) is 6.24. The second-order valence-electron chi connectivity index (χ2n) is 12.6. The molecule has 62 heavy (non-hydrogen) atoms. The molecule has 5 aromatic carbocycles. The molecular formula is C37H13BF20N2OS. The van der Waals surface area contributed by atoms with Gasteiger partial charge in [-0.3, -0.25) is 0 Å². The number of nitriles is 2. The lowest BCUT2D eigenvalue weighted by Crippen LogP contribution is -2.81. The number of allylic oxidation sites excluding steroid dienone is 1. The largest absolute Gasteiger partial charge is 0.207 e. The maximum atomic E-state index is 15.4.